The summed E-state index contributed by atoms with van der Waals surface area (Å²) in [4.78, 5) is 0. The maximum absolute atomic E-state index is 5.67. The zero-order valence-electron chi connectivity index (χ0n) is 15.0. The van der Waals surface area contributed by atoms with Gasteiger partial charge in [0.1, 0.15) is 5.75 Å². The van der Waals surface area contributed by atoms with Gasteiger partial charge in [0.25, 0.3) is 0 Å². The lowest BCUT2D eigenvalue weighted by molar-refractivity contribution is 0.0524. The fourth-order valence-electron chi connectivity index (χ4n) is 4.34. The third-order valence-electron chi connectivity index (χ3n) is 5.72. The second-order valence-electron chi connectivity index (χ2n) is 7.27. The number of ether oxygens (including phenoxy) is 2. The Hall–Kier alpha value is -1.62. The van der Waals surface area contributed by atoms with Crippen LogP contribution in [0, 0.1) is 5.92 Å². The Morgan fingerprint density at radius 3 is 2.88 bits per heavy atom. The average Bonchev–Trinajstić information content (AvgIpc) is 3.15. The summed E-state index contributed by atoms with van der Waals surface area (Å²) >= 11 is 0. The molecule has 0 amide bonds. The van der Waals surface area contributed by atoms with Gasteiger partial charge in [0.15, 0.2) is 0 Å². The molecule has 3 atom stereocenters. The lowest BCUT2D eigenvalue weighted by atomic mass is 9.93. The Balaban J connectivity index is 1.40. The first-order valence-corrected chi connectivity index (χ1v) is 9.45. The molecule has 25 heavy (non-hydrogen) atoms. The van der Waals surface area contributed by atoms with Crippen LogP contribution in [0.5, 0.6) is 5.75 Å². The minimum Gasteiger partial charge on any atom is -0.497 e. The molecule has 2 aromatic carbocycles. The fourth-order valence-corrected chi connectivity index (χ4v) is 4.34. The van der Waals surface area contributed by atoms with Gasteiger partial charge in [0, 0.05) is 25.2 Å². The Bertz CT molecular complexity index is 712. The summed E-state index contributed by atoms with van der Waals surface area (Å²) < 4.78 is 11.0. The highest BCUT2D eigenvalue weighted by Crippen LogP contribution is 2.30. The molecule has 2 aliphatic rings. The van der Waals surface area contributed by atoms with Crippen LogP contribution in [0.4, 0.5) is 0 Å². The van der Waals surface area contributed by atoms with Gasteiger partial charge in [-0.2, -0.15) is 0 Å². The largest absolute Gasteiger partial charge is 0.497 e. The van der Waals surface area contributed by atoms with E-state index in [1.165, 1.54) is 35.6 Å². The predicted molar refractivity (Wildman–Crippen MR) is 101 cm³/mol. The highest BCUT2D eigenvalue weighted by atomic mass is 16.5. The van der Waals surface area contributed by atoms with Crippen LogP contribution in [0.1, 0.15) is 24.8 Å². The van der Waals surface area contributed by atoms with E-state index in [2.05, 4.69) is 41.0 Å². The fraction of sp³-hybridized carbons (Fsp3) is 0.524. The number of hydrogen-bond acceptors (Lipinski definition) is 4. The first-order chi connectivity index (χ1) is 12.3. The number of methoxy groups -OCH3 is 1. The summed E-state index contributed by atoms with van der Waals surface area (Å²) in [7, 11) is 1.71. The summed E-state index contributed by atoms with van der Waals surface area (Å²) in [6.45, 7) is 3.63. The molecule has 4 heteroatoms. The van der Waals surface area contributed by atoms with Crippen LogP contribution in [-0.2, 0) is 11.3 Å². The highest BCUT2D eigenvalue weighted by molar-refractivity contribution is 5.84. The van der Waals surface area contributed by atoms with Gasteiger partial charge in [-0.25, -0.2) is 0 Å². The van der Waals surface area contributed by atoms with Gasteiger partial charge in [-0.3, -0.25) is 0 Å². The number of fused-ring (bicyclic) bond motifs is 1. The molecule has 1 saturated heterocycles. The summed E-state index contributed by atoms with van der Waals surface area (Å²) in [5.41, 5.74) is 1.34. The molecule has 1 aliphatic carbocycles. The van der Waals surface area contributed by atoms with Crippen molar-refractivity contribution in [3.8, 4) is 5.75 Å². The molecule has 3 unspecified atom stereocenters. The molecule has 2 aromatic rings. The number of hydrogen-bond donors (Lipinski definition) is 2. The Morgan fingerprint density at radius 1 is 1.16 bits per heavy atom. The summed E-state index contributed by atoms with van der Waals surface area (Å²) in [5.74, 6) is 1.60. The molecule has 4 nitrogen and oxygen atoms in total. The molecular formula is C21H28N2O2. The zero-order valence-corrected chi connectivity index (χ0v) is 15.0. The van der Waals surface area contributed by atoms with Gasteiger partial charge in [-0.05, 0) is 53.3 Å². The van der Waals surface area contributed by atoms with Crippen LogP contribution in [0.2, 0.25) is 0 Å². The van der Waals surface area contributed by atoms with Crippen LogP contribution in [0.25, 0.3) is 10.8 Å². The lowest BCUT2D eigenvalue weighted by Crippen LogP contribution is -2.50. The molecular weight excluding hydrogens is 312 g/mol. The minimum absolute atomic E-state index is 0.512. The van der Waals surface area contributed by atoms with Crippen molar-refractivity contribution in [1.29, 1.82) is 0 Å². The third kappa shape index (κ3) is 3.81. The topological polar surface area (TPSA) is 42.5 Å². The van der Waals surface area contributed by atoms with E-state index < -0.39 is 0 Å². The van der Waals surface area contributed by atoms with Crippen LogP contribution >= 0.6 is 0 Å². The summed E-state index contributed by atoms with van der Waals surface area (Å²) in [6.07, 6.45) is 3.89. The normalized spacial score (nSPS) is 26.8. The van der Waals surface area contributed by atoms with Crippen molar-refractivity contribution in [2.75, 3.05) is 26.9 Å². The van der Waals surface area contributed by atoms with E-state index in [1.807, 2.05) is 6.07 Å². The molecule has 1 heterocycles. The average molecular weight is 340 g/mol. The standard InChI is InChI=1S/C21H28N2O2/c1-24-18-8-7-16-11-15(5-6-17(16)12-18)13-23-20-4-2-3-19(20)21-14-25-10-9-22-21/h5-8,11-12,19-23H,2-4,9-10,13-14H2,1H3. The minimum atomic E-state index is 0.512. The number of rotatable bonds is 5. The van der Waals surface area contributed by atoms with Crippen LogP contribution in [0.3, 0.4) is 0 Å². The lowest BCUT2D eigenvalue weighted by Gasteiger charge is -2.33. The maximum atomic E-state index is 5.67. The molecule has 0 aromatic heterocycles. The van der Waals surface area contributed by atoms with E-state index in [0.29, 0.717) is 18.0 Å². The van der Waals surface area contributed by atoms with Gasteiger partial charge >= 0.3 is 0 Å². The Labute approximate surface area is 149 Å². The van der Waals surface area contributed by atoms with Crippen molar-refractivity contribution in [2.45, 2.75) is 37.9 Å². The van der Waals surface area contributed by atoms with E-state index in [-0.39, 0.29) is 0 Å². The first-order valence-electron chi connectivity index (χ1n) is 9.45. The van der Waals surface area contributed by atoms with Crippen molar-refractivity contribution >= 4 is 10.8 Å². The molecule has 4 rings (SSSR count). The number of benzene rings is 2. The molecule has 1 saturated carbocycles. The summed E-state index contributed by atoms with van der Waals surface area (Å²) in [6, 6.07) is 14.1. The van der Waals surface area contributed by atoms with E-state index in [9.17, 15) is 0 Å². The smallest absolute Gasteiger partial charge is 0.119 e. The quantitative estimate of drug-likeness (QED) is 0.878. The molecule has 0 bridgehead atoms. The van der Waals surface area contributed by atoms with Crippen molar-refractivity contribution in [3.05, 3.63) is 42.0 Å². The maximum Gasteiger partial charge on any atom is 0.119 e. The monoisotopic (exact) mass is 340 g/mol. The first kappa shape index (κ1) is 16.8. The summed E-state index contributed by atoms with van der Waals surface area (Å²) in [5, 5.41) is 9.96. The SMILES string of the molecule is COc1ccc2cc(CNC3CCCC3C3COCCN3)ccc2c1. The molecule has 2 N–H and O–H groups in total. The van der Waals surface area contributed by atoms with Crippen LogP contribution < -0.4 is 15.4 Å². The number of nitrogens with one attached hydrogen (secondary N) is 2. The molecule has 1 aliphatic heterocycles. The number of morpholine rings is 1. The van der Waals surface area contributed by atoms with Crippen molar-refractivity contribution in [2.24, 2.45) is 5.92 Å². The van der Waals surface area contributed by atoms with E-state index in [4.69, 9.17) is 9.47 Å². The molecule has 134 valence electrons. The van der Waals surface area contributed by atoms with Gasteiger partial charge in [0.05, 0.1) is 20.3 Å². The molecule has 0 spiro atoms. The molecule has 2 fully saturated rings. The zero-order chi connectivity index (χ0) is 17.1. The van der Waals surface area contributed by atoms with Crippen LogP contribution in [0.15, 0.2) is 36.4 Å². The van der Waals surface area contributed by atoms with Gasteiger partial charge in [0.2, 0.25) is 0 Å². The van der Waals surface area contributed by atoms with Gasteiger partial charge in [-0.1, -0.05) is 24.6 Å². The van der Waals surface area contributed by atoms with E-state index in [1.54, 1.807) is 7.11 Å². The highest BCUT2D eigenvalue weighted by Gasteiger charge is 2.34. The Kier molecular flexibility index (Phi) is 5.20. The second-order valence-corrected chi connectivity index (χ2v) is 7.27. The predicted octanol–water partition coefficient (Wildman–Crippen LogP) is 3.10. The van der Waals surface area contributed by atoms with Crippen molar-refractivity contribution < 1.29 is 9.47 Å². The van der Waals surface area contributed by atoms with Gasteiger partial charge in [-0.15, -0.1) is 0 Å². The van der Waals surface area contributed by atoms with Crippen molar-refractivity contribution in [3.63, 3.8) is 0 Å². The second kappa shape index (κ2) is 7.73. The van der Waals surface area contributed by atoms with E-state index in [0.717, 1.165) is 32.1 Å². The van der Waals surface area contributed by atoms with Crippen LogP contribution in [-0.4, -0.2) is 39.0 Å². The van der Waals surface area contributed by atoms with Gasteiger partial charge < -0.3 is 20.1 Å². The van der Waals surface area contributed by atoms with Crippen molar-refractivity contribution in [1.82, 2.24) is 10.6 Å². The third-order valence-corrected chi connectivity index (χ3v) is 5.72. The Morgan fingerprint density at radius 2 is 2.04 bits per heavy atom. The molecule has 0 radical (unpaired) electrons. The van der Waals surface area contributed by atoms with E-state index >= 15 is 0 Å².